The Morgan fingerprint density at radius 1 is 1.35 bits per heavy atom. The highest BCUT2D eigenvalue weighted by atomic mass is 79.9. The predicted octanol–water partition coefficient (Wildman–Crippen LogP) is 2.57. The lowest BCUT2D eigenvalue weighted by molar-refractivity contribution is 0.166. The van der Waals surface area contributed by atoms with Crippen LogP contribution in [0, 0.1) is 5.92 Å². The average molecular weight is 428 g/mol. The van der Waals surface area contributed by atoms with Gasteiger partial charge < -0.3 is 5.11 Å². The zero-order chi connectivity index (χ0) is 14.8. The van der Waals surface area contributed by atoms with Gasteiger partial charge in [0.15, 0.2) is 0 Å². The monoisotopic (exact) mass is 426 g/mol. The predicted molar refractivity (Wildman–Crippen MR) is 85.8 cm³/mol. The number of anilines is 1. The second-order valence-electron chi connectivity index (χ2n) is 4.75. The number of para-hydroxylation sites is 1. The molecule has 1 atom stereocenters. The van der Waals surface area contributed by atoms with Crippen LogP contribution in [-0.2, 0) is 10.2 Å². The summed E-state index contributed by atoms with van der Waals surface area (Å²) in [7, 11) is -3.61. The van der Waals surface area contributed by atoms with Crippen LogP contribution in [0.25, 0.3) is 0 Å². The molecule has 0 saturated carbocycles. The van der Waals surface area contributed by atoms with E-state index in [-0.39, 0.29) is 12.5 Å². The third-order valence-corrected chi connectivity index (χ3v) is 6.07. The van der Waals surface area contributed by atoms with Gasteiger partial charge >= 0.3 is 10.2 Å². The molecule has 20 heavy (non-hydrogen) atoms. The minimum atomic E-state index is -3.61. The number of hydrogen-bond acceptors (Lipinski definition) is 3. The highest BCUT2D eigenvalue weighted by Gasteiger charge is 2.29. The van der Waals surface area contributed by atoms with Crippen LogP contribution >= 0.6 is 31.9 Å². The number of halogens is 2. The molecule has 0 bridgehead atoms. The Morgan fingerprint density at radius 3 is 2.60 bits per heavy atom. The largest absolute Gasteiger partial charge is 0.396 e. The van der Waals surface area contributed by atoms with Crippen molar-refractivity contribution in [3.8, 4) is 0 Å². The molecule has 1 unspecified atom stereocenters. The lowest BCUT2D eigenvalue weighted by atomic mass is 10.0. The lowest BCUT2D eigenvalue weighted by Crippen LogP contribution is -2.43. The van der Waals surface area contributed by atoms with Crippen molar-refractivity contribution in [3.63, 3.8) is 0 Å². The van der Waals surface area contributed by atoms with E-state index < -0.39 is 10.2 Å². The van der Waals surface area contributed by atoms with Gasteiger partial charge in [-0.1, -0.05) is 6.07 Å². The summed E-state index contributed by atoms with van der Waals surface area (Å²) in [5, 5.41) is 9.20. The molecule has 2 rings (SSSR count). The molecule has 1 heterocycles. The maximum Gasteiger partial charge on any atom is 0.301 e. The van der Waals surface area contributed by atoms with Gasteiger partial charge in [-0.25, -0.2) is 0 Å². The first kappa shape index (κ1) is 16.2. The van der Waals surface area contributed by atoms with Crippen LogP contribution in [0.4, 0.5) is 5.69 Å². The molecule has 112 valence electrons. The molecular formula is C12H16Br2N2O3S. The van der Waals surface area contributed by atoms with E-state index in [1.807, 2.05) is 6.07 Å². The van der Waals surface area contributed by atoms with Crippen molar-refractivity contribution in [2.45, 2.75) is 12.8 Å². The average Bonchev–Trinajstić information content (AvgIpc) is 2.43. The summed E-state index contributed by atoms with van der Waals surface area (Å²) < 4.78 is 30.2. The number of aliphatic hydroxyl groups excluding tert-OH is 1. The van der Waals surface area contributed by atoms with Crippen LogP contribution in [0.1, 0.15) is 12.8 Å². The zero-order valence-corrected chi connectivity index (χ0v) is 14.7. The van der Waals surface area contributed by atoms with Crippen LogP contribution in [0.5, 0.6) is 0 Å². The summed E-state index contributed by atoms with van der Waals surface area (Å²) in [6.45, 7) is 0.854. The van der Waals surface area contributed by atoms with Crippen molar-refractivity contribution in [2.75, 3.05) is 24.4 Å². The normalized spacial score (nSPS) is 20.9. The van der Waals surface area contributed by atoms with Crippen molar-refractivity contribution < 1.29 is 13.5 Å². The molecule has 0 aromatic heterocycles. The van der Waals surface area contributed by atoms with E-state index in [1.54, 1.807) is 12.1 Å². The van der Waals surface area contributed by atoms with Gasteiger partial charge in [-0.15, -0.1) is 0 Å². The molecule has 2 N–H and O–H groups in total. The van der Waals surface area contributed by atoms with E-state index in [0.717, 1.165) is 12.8 Å². The van der Waals surface area contributed by atoms with Gasteiger partial charge in [0.05, 0.1) is 5.69 Å². The van der Waals surface area contributed by atoms with Gasteiger partial charge in [0.2, 0.25) is 0 Å². The number of piperidine rings is 1. The summed E-state index contributed by atoms with van der Waals surface area (Å²) in [5.41, 5.74) is 0.485. The van der Waals surface area contributed by atoms with Crippen LogP contribution in [0.2, 0.25) is 0 Å². The van der Waals surface area contributed by atoms with Crippen molar-refractivity contribution in [1.29, 1.82) is 0 Å². The van der Waals surface area contributed by atoms with Gasteiger partial charge in [-0.3, -0.25) is 4.72 Å². The number of rotatable bonds is 4. The highest BCUT2D eigenvalue weighted by molar-refractivity contribution is 9.11. The number of nitrogens with one attached hydrogen (secondary N) is 1. The van der Waals surface area contributed by atoms with Gasteiger partial charge in [0, 0.05) is 28.6 Å². The van der Waals surface area contributed by atoms with Crippen LogP contribution in [0.15, 0.2) is 27.1 Å². The summed E-state index contributed by atoms with van der Waals surface area (Å²) in [6, 6.07) is 5.36. The van der Waals surface area contributed by atoms with Gasteiger partial charge in [-0.05, 0) is 62.8 Å². The van der Waals surface area contributed by atoms with E-state index in [1.165, 1.54) is 4.31 Å². The molecule has 0 radical (unpaired) electrons. The number of aliphatic hydroxyl groups is 1. The Balaban J connectivity index is 2.19. The Morgan fingerprint density at radius 2 is 2.00 bits per heavy atom. The smallest absolute Gasteiger partial charge is 0.301 e. The molecule has 1 aliphatic rings. The molecule has 1 saturated heterocycles. The molecule has 0 amide bonds. The molecule has 0 spiro atoms. The first-order valence-electron chi connectivity index (χ1n) is 6.27. The maximum atomic E-state index is 12.4. The lowest BCUT2D eigenvalue weighted by Gasteiger charge is -2.31. The van der Waals surface area contributed by atoms with Crippen molar-refractivity contribution in [2.24, 2.45) is 5.92 Å². The summed E-state index contributed by atoms with van der Waals surface area (Å²) in [6.07, 6.45) is 1.63. The van der Waals surface area contributed by atoms with Crippen LogP contribution in [0.3, 0.4) is 0 Å². The van der Waals surface area contributed by atoms with Crippen molar-refractivity contribution in [3.05, 3.63) is 27.1 Å². The molecule has 8 heteroatoms. The third-order valence-electron chi connectivity index (χ3n) is 3.27. The van der Waals surface area contributed by atoms with Crippen LogP contribution < -0.4 is 4.72 Å². The Hall–Kier alpha value is -0.150. The molecule has 0 aliphatic carbocycles. The van der Waals surface area contributed by atoms with Crippen molar-refractivity contribution >= 4 is 47.8 Å². The van der Waals surface area contributed by atoms with E-state index in [9.17, 15) is 13.5 Å². The SMILES string of the molecule is O=S(=O)(Nc1c(Br)cccc1Br)N1CCCC(CO)C1. The fourth-order valence-electron chi connectivity index (χ4n) is 2.18. The van der Waals surface area contributed by atoms with Gasteiger partial charge in [0.25, 0.3) is 0 Å². The number of hydrogen-bond donors (Lipinski definition) is 2. The third kappa shape index (κ3) is 3.73. The molecule has 1 aromatic rings. The van der Waals surface area contributed by atoms with Gasteiger partial charge in [-0.2, -0.15) is 12.7 Å². The van der Waals surface area contributed by atoms with E-state index in [2.05, 4.69) is 36.6 Å². The van der Waals surface area contributed by atoms with Crippen LogP contribution in [-0.4, -0.2) is 37.5 Å². The topological polar surface area (TPSA) is 69.6 Å². The maximum absolute atomic E-state index is 12.4. The van der Waals surface area contributed by atoms with E-state index in [0.29, 0.717) is 27.7 Å². The number of benzene rings is 1. The standard InChI is InChI=1S/C12H16Br2N2O3S/c13-10-4-1-5-11(14)12(10)15-20(18,19)16-6-2-3-9(7-16)8-17/h1,4-5,9,15,17H,2-3,6-8H2. The minimum absolute atomic E-state index is 0.0166. The van der Waals surface area contributed by atoms with E-state index >= 15 is 0 Å². The molecule has 5 nitrogen and oxygen atoms in total. The first-order chi connectivity index (χ1) is 9.44. The summed E-state index contributed by atoms with van der Waals surface area (Å²) in [5.74, 6) is 0.0166. The Kier molecular flexibility index (Phi) is 5.47. The highest BCUT2D eigenvalue weighted by Crippen LogP contribution is 2.32. The molecule has 1 aromatic carbocycles. The second kappa shape index (κ2) is 6.74. The second-order valence-corrected chi connectivity index (χ2v) is 8.13. The first-order valence-corrected chi connectivity index (χ1v) is 9.29. The molecule has 1 aliphatic heterocycles. The molecule has 1 fully saturated rings. The zero-order valence-electron chi connectivity index (χ0n) is 10.7. The van der Waals surface area contributed by atoms with E-state index in [4.69, 9.17) is 0 Å². The summed E-state index contributed by atoms with van der Waals surface area (Å²) in [4.78, 5) is 0. The summed E-state index contributed by atoms with van der Waals surface area (Å²) >= 11 is 6.67. The number of nitrogens with zero attached hydrogens (tertiary/aromatic N) is 1. The minimum Gasteiger partial charge on any atom is -0.396 e. The fraction of sp³-hybridized carbons (Fsp3) is 0.500. The Labute approximate surface area is 135 Å². The fourth-order valence-corrected chi connectivity index (χ4v) is 5.03. The quantitative estimate of drug-likeness (QED) is 0.775. The van der Waals surface area contributed by atoms with Gasteiger partial charge in [0.1, 0.15) is 0 Å². The molecular weight excluding hydrogens is 412 g/mol. The van der Waals surface area contributed by atoms with Crippen molar-refractivity contribution in [1.82, 2.24) is 4.31 Å². The Bertz CT molecular complexity index is 560.